The Morgan fingerprint density at radius 1 is 1.23 bits per heavy atom. The Balaban J connectivity index is 2.93. The Labute approximate surface area is 125 Å². The fourth-order valence-electron chi connectivity index (χ4n) is 1.50. The molecule has 1 rings (SSSR count). The summed E-state index contributed by atoms with van der Waals surface area (Å²) in [5, 5.41) is 2.30. The third-order valence-corrected chi connectivity index (χ3v) is 2.39. The first kappa shape index (κ1) is 17.9. The number of hydrogen-bond donors (Lipinski definition) is 1. The van der Waals surface area contributed by atoms with Crippen LogP contribution in [0.4, 0.5) is 18.0 Å². The number of ketones is 1. The van der Waals surface area contributed by atoms with Gasteiger partial charge in [0.15, 0.2) is 5.78 Å². The van der Waals surface area contributed by atoms with Crippen molar-refractivity contribution in [2.24, 2.45) is 0 Å². The van der Waals surface area contributed by atoms with Gasteiger partial charge in [-0.05, 0) is 39.8 Å². The Hall–Kier alpha value is -2.12. The molecule has 0 saturated heterocycles. The van der Waals surface area contributed by atoms with Crippen LogP contribution in [0.25, 0.3) is 0 Å². The van der Waals surface area contributed by atoms with Gasteiger partial charge in [-0.15, -0.1) is 0 Å². The lowest BCUT2D eigenvalue weighted by Gasteiger charge is -2.19. The molecule has 122 valence electrons. The van der Waals surface area contributed by atoms with Gasteiger partial charge in [0.25, 0.3) is 0 Å². The molecule has 0 unspecified atom stereocenters. The van der Waals surface area contributed by atoms with Crippen LogP contribution in [0.5, 0.6) is 0 Å². The smallest absolute Gasteiger partial charge is 0.433 e. The molecule has 0 atom stereocenters. The van der Waals surface area contributed by atoms with Crippen LogP contribution in [0.2, 0.25) is 0 Å². The molecule has 22 heavy (non-hydrogen) atoms. The maximum absolute atomic E-state index is 12.7. The predicted molar refractivity (Wildman–Crippen MR) is 72.3 cm³/mol. The van der Waals surface area contributed by atoms with Crippen LogP contribution in [-0.4, -0.2) is 22.5 Å². The Morgan fingerprint density at radius 2 is 1.82 bits per heavy atom. The van der Waals surface area contributed by atoms with Crippen molar-refractivity contribution in [1.82, 2.24) is 10.3 Å². The van der Waals surface area contributed by atoms with E-state index in [4.69, 9.17) is 4.74 Å². The number of ether oxygens (including phenoxy) is 1. The number of alkyl carbamates (subject to hydrolysis) is 1. The van der Waals surface area contributed by atoms with Crippen molar-refractivity contribution in [3.63, 3.8) is 0 Å². The van der Waals surface area contributed by atoms with E-state index in [0.717, 1.165) is 6.92 Å². The van der Waals surface area contributed by atoms with E-state index in [-0.39, 0.29) is 17.8 Å². The largest absolute Gasteiger partial charge is 0.444 e. The van der Waals surface area contributed by atoms with E-state index in [9.17, 15) is 22.8 Å². The van der Waals surface area contributed by atoms with Crippen molar-refractivity contribution >= 4 is 11.9 Å². The fourth-order valence-corrected chi connectivity index (χ4v) is 1.50. The highest BCUT2D eigenvalue weighted by molar-refractivity contribution is 5.94. The third-order valence-electron chi connectivity index (χ3n) is 2.39. The molecule has 1 N–H and O–H groups in total. The molecule has 1 amide bonds. The van der Waals surface area contributed by atoms with Gasteiger partial charge in [0.2, 0.25) is 0 Å². The van der Waals surface area contributed by atoms with Crippen LogP contribution >= 0.6 is 0 Å². The molecule has 5 nitrogen and oxygen atoms in total. The highest BCUT2D eigenvalue weighted by atomic mass is 19.4. The second-order valence-corrected chi connectivity index (χ2v) is 5.64. The summed E-state index contributed by atoms with van der Waals surface area (Å²) in [6.45, 7) is 5.84. The van der Waals surface area contributed by atoms with Gasteiger partial charge < -0.3 is 10.1 Å². The highest BCUT2D eigenvalue weighted by Crippen LogP contribution is 2.28. The maximum Gasteiger partial charge on any atom is 0.433 e. The zero-order valence-corrected chi connectivity index (χ0v) is 12.7. The number of alkyl halides is 3. The minimum Gasteiger partial charge on any atom is -0.444 e. The summed E-state index contributed by atoms with van der Waals surface area (Å²) in [4.78, 5) is 26.2. The number of halogens is 3. The summed E-state index contributed by atoms with van der Waals surface area (Å²) in [6.07, 6.45) is -5.46. The Kier molecular flexibility index (Phi) is 5.16. The molecule has 0 aromatic carbocycles. The fraction of sp³-hybridized carbons (Fsp3) is 0.500. The molecule has 0 fully saturated rings. The van der Waals surface area contributed by atoms with E-state index in [1.807, 2.05) is 0 Å². The lowest BCUT2D eigenvalue weighted by atomic mass is 10.1. The second kappa shape index (κ2) is 6.33. The molecule has 0 aliphatic rings. The van der Waals surface area contributed by atoms with Gasteiger partial charge in [0, 0.05) is 5.56 Å². The summed E-state index contributed by atoms with van der Waals surface area (Å²) in [7, 11) is 0. The SMILES string of the molecule is CC(=O)c1cc(CNC(=O)OC(C)(C)C)nc(C(F)(F)F)c1. The highest BCUT2D eigenvalue weighted by Gasteiger charge is 2.33. The van der Waals surface area contributed by atoms with Gasteiger partial charge in [0.05, 0.1) is 12.2 Å². The van der Waals surface area contributed by atoms with Crippen molar-refractivity contribution < 1.29 is 27.5 Å². The normalized spacial score (nSPS) is 12.0. The van der Waals surface area contributed by atoms with Crippen LogP contribution in [0.1, 0.15) is 49.4 Å². The third kappa shape index (κ3) is 5.71. The van der Waals surface area contributed by atoms with Crippen LogP contribution in [-0.2, 0) is 17.5 Å². The molecule has 0 saturated carbocycles. The summed E-state index contributed by atoms with van der Waals surface area (Å²) in [6, 6.07) is 1.88. The van der Waals surface area contributed by atoms with Crippen LogP contribution < -0.4 is 5.32 Å². The number of amides is 1. The molecule has 1 aromatic heterocycles. The predicted octanol–water partition coefficient (Wildman–Crippen LogP) is 3.33. The number of hydrogen-bond acceptors (Lipinski definition) is 4. The molecule has 0 bridgehead atoms. The van der Waals surface area contributed by atoms with Gasteiger partial charge in [-0.1, -0.05) is 0 Å². The number of aromatic nitrogens is 1. The molecule has 1 aromatic rings. The van der Waals surface area contributed by atoms with Crippen molar-refractivity contribution in [3.05, 3.63) is 29.1 Å². The summed E-state index contributed by atoms with van der Waals surface area (Å²) in [5.41, 5.74) is -2.11. The first-order chi connectivity index (χ1) is 9.88. The molecule has 0 spiro atoms. The van der Waals surface area contributed by atoms with E-state index >= 15 is 0 Å². The van der Waals surface area contributed by atoms with Crippen molar-refractivity contribution in [1.29, 1.82) is 0 Å². The van der Waals surface area contributed by atoms with E-state index in [1.165, 1.54) is 6.07 Å². The van der Waals surface area contributed by atoms with Crippen molar-refractivity contribution in [2.75, 3.05) is 0 Å². The summed E-state index contributed by atoms with van der Waals surface area (Å²) in [5.74, 6) is -0.522. The van der Waals surface area contributed by atoms with Crippen molar-refractivity contribution in [2.45, 2.75) is 46.0 Å². The zero-order chi connectivity index (χ0) is 17.1. The first-order valence-corrected chi connectivity index (χ1v) is 6.44. The van der Waals surface area contributed by atoms with Gasteiger partial charge in [-0.3, -0.25) is 4.79 Å². The number of pyridine rings is 1. The topological polar surface area (TPSA) is 68.3 Å². The standard InChI is InChI=1S/C14H17F3N2O3/c1-8(20)9-5-10(19-11(6-9)14(15,16)17)7-18-12(21)22-13(2,3)4/h5-6H,7H2,1-4H3,(H,18,21). The zero-order valence-electron chi connectivity index (χ0n) is 12.7. The number of Topliss-reactive ketones (excluding diaryl/α,β-unsaturated/α-hetero) is 1. The van der Waals surface area contributed by atoms with Gasteiger partial charge >= 0.3 is 12.3 Å². The molecule has 0 aliphatic heterocycles. The Bertz CT molecular complexity index is 578. The molecule has 0 aliphatic carbocycles. The van der Waals surface area contributed by atoms with Crippen LogP contribution in [0.3, 0.4) is 0 Å². The maximum atomic E-state index is 12.7. The number of carbonyl (C=O) groups excluding carboxylic acids is 2. The number of carbonyl (C=O) groups is 2. The molecule has 0 radical (unpaired) electrons. The number of nitrogens with one attached hydrogen (secondary N) is 1. The molecule has 8 heteroatoms. The van der Waals surface area contributed by atoms with Crippen LogP contribution in [0, 0.1) is 0 Å². The summed E-state index contributed by atoms with van der Waals surface area (Å²) >= 11 is 0. The Morgan fingerprint density at radius 3 is 2.27 bits per heavy atom. The lowest BCUT2D eigenvalue weighted by molar-refractivity contribution is -0.141. The van der Waals surface area contributed by atoms with Gasteiger partial charge in [-0.2, -0.15) is 13.2 Å². The molecular formula is C14H17F3N2O3. The average molecular weight is 318 g/mol. The quantitative estimate of drug-likeness (QED) is 0.868. The summed E-state index contributed by atoms with van der Waals surface area (Å²) < 4.78 is 43.2. The number of nitrogens with zero attached hydrogens (tertiary/aromatic N) is 1. The minimum atomic E-state index is -4.67. The van der Waals surface area contributed by atoms with E-state index in [0.29, 0.717) is 6.07 Å². The lowest BCUT2D eigenvalue weighted by Crippen LogP contribution is -2.32. The molecule has 1 heterocycles. The first-order valence-electron chi connectivity index (χ1n) is 6.44. The average Bonchev–Trinajstić information content (AvgIpc) is 2.33. The van der Waals surface area contributed by atoms with E-state index < -0.39 is 29.3 Å². The van der Waals surface area contributed by atoms with E-state index in [2.05, 4.69) is 10.3 Å². The minimum absolute atomic E-state index is 0.0779. The monoisotopic (exact) mass is 318 g/mol. The molecular weight excluding hydrogens is 301 g/mol. The number of rotatable bonds is 3. The van der Waals surface area contributed by atoms with Crippen LogP contribution in [0.15, 0.2) is 12.1 Å². The van der Waals surface area contributed by atoms with Gasteiger partial charge in [-0.25, -0.2) is 9.78 Å². The van der Waals surface area contributed by atoms with E-state index in [1.54, 1.807) is 20.8 Å². The second-order valence-electron chi connectivity index (χ2n) is 5.64. The van der Waals surface area contributed by atoms with Crippen molar-refractivity contribution in [3.8, 4) is 0 Å². The van der Waals surface area contributed by atoms with Gasteiger partial charge in [0.1, 0.15) is 11.3 Å².